The molecule has 15 heavy (non-hydrogen) atoms. The molecule has 0 bridgehead atoms. The van der Waals surface area contributed by atoms with Crippen molar-refractivity contribution in [1.82, 2.24) is 0 Å². The van der Waals surface area contributed by atoms with Gasteiger partial charge in [-0.15, -0.1) is 0 Å². The molecule has 1 fully saturated rings. The minimum Gasteiger partial charge on any atom is -0.372 e. The van der Waals surface area contributed by atoms with Crippen molar-refractivity contribution in [3.05, 3.63) is 29.3 Å². The van der Waals surface area contributed by atoms with Crippen molar-refractivity contribution in [3.63, 3.8) is 0 Å². The van der Waals surface area contributed by atoms with E-state index < -0.39 is 0 Å². The third-order valence-corrected chi connectivity index (χ3v) is 3.22. The summed E-state index contributed by atoms with van der Waals surface area (Å²) in [7, 11) is 0. The highest BCUT2D eigenvalue weighted by atomic mass is 15.1. The summed E-state index contributed by atoms with van der Waals surface area (Å²) >= 11 is 0. The van der Waals surface area contributed by atoms with E-state index in [1.165, 1.54) is 42.7 Å². The Morgan fingerprint density at radius 3 is 2.33 bits per heavy atom. The topological polar surface area (TPSA) is 3.24 Å². The normalized spacial score (nSPS) is 16.4. The van der Waals surface area contributed by atoms with Crippen LogP contribution in [0, 0.1) is 6.92 Å². The first-order valence-electron chi connectivity index (χ1n) is 6.03. The average molecular weight is 203 g/mol. The number of anilines is 1. The second-order valence-corrected chi connectivity index (χ2v) is 4.95. The molecule has 0 spiro atoms. The lowest BCUT2D eigenvalue weighted by atomic mass is 10.00. The molecule has 0 aliphatic carbocycles. The minimum atomic E-state index is 0.631. The van der Waals surface area contributed by atoms with Gasteiger partial charge in [-0.25, -0.2) is 0 Å². The van der Waals surface area contributed by atoms with E-state index in [4.69, 9.17) is 0 Å². The Morgan fingerprint density at radius 1 is 1.07 bits per heavy atom. The molecule has 2 rings (SSSR count). The molecule has 1 heteroatoms. The summed E-state index contributed by atoms with van der Waals surface area (Å²) in [5.74, 6) is 0.631. The molecule has 0 amide bonds. The summed E-state index contributed by atoms with van der Waals surface area (Å²) in [6.45, 7) is 9.21. The third kappa shape index (κ3) is 2.34. The molecule has 0 saturated carbocycles. The number of nitrogens with zero attached hydrogens (tertiary/aromatic N) is 1. The maximum atomic E-state index is 2.51. The van der Waals surface area contributed by atoms with Gasteiger partial charge in [0.1, 0.15) is 0 Å². The zero-order valence-electron chi connectivity index (χ0n) is 10.1. The molecular weight excluding hydrogens is 182 g/mol. The van der Waals surface area contributed by atoms with Crippen molar-refractivity contribution in [2.75, 3.05) is 18.0 Å². The van der Waals surface area contributed by atoms with Gasteiger partial charge < -0.3 is 4.90 Å². The van der Waals surface area contributed by atoms with Gasteiger partial charge in [0.05, 0.1) is 0 Å². The van der Waals surface area contributed by atoms with E-state index in [0.29, 0.717) is 5.92 Å². The van der Waals surface area contributed by atoms with Gasteiger partial charge in [-0.05, 0) is 48.9 Å². The molecule has 82 valence electrons. The fraction of sp³-hybridized carbons (Fsp3) is 0.571. The molecule has 1 aliphatic heterocycles. The number of hydrogen-bond acceptors (Lipinski definition) is 1. The van der Waals surface area contributed by atoms with Crippen LogP contribution < -0.4 is 4.90 Å². The predicted octanol–water partition coefficient (Wildman–Crippen LogP) is 3.72. The van der Waals surface area contributed by atoms with Gasteiger partial charge in [-0.3, -0.25) is 0 Å². The zero-order valence-corrected chi connectivity index (χ0v) is 10.1. The molecule has 1 saturated heterocycles. The Morgan fingerprint density at radius 2 is 1.73 bits per heavy atom. The maximum Gasteiger partial charge on any atom is 0.0371 e. The van der Waals surface area contributed by atoms with E-state index in [1.54, 1.807) is 0 Å². The Hall–Kier alpha value is -0.980. The molecule has 1 nitrogen and oxygen atoms in total. The lowest BCUT2D eigenvalue weighted by Gasteiger charge is -2.20. The minimum absolute atomic E-state index is 0.631. The number of benzene rings is 1. The number of aryl methyl sites for hydroxylation is 1. The Bertz CT molecular complexity index is 335. The van der Waals surface area contributed by atoms with Crippen LogP contribution >= 0.6 is 0 Å². The van der Waals surface area contributed by atoms with Crippen molar-refractivity contribution in [2.24, 2.45) is 0 Å². The predicted molar refractivity (Wildman–Crippen MR) is 66.7 cm³/mol. The standard InChI is InChI=1S/C14H21N/c1-11(2)13-8-12(3)9-14(10-13)15-6-4-5-7-15/h8-11H,4-7H2,1-3H3. The van der Waals surface area contributed by atoms with Crippen LogP contribution in [-0.2, 0) is 0 Å². The van der Waals surface area contributed by atoms with E-state index >= 15 is 0 Å². The smallest absolute Gasteiger partial charge is 0.0371 e. The summed E-state index contributed by atoms with van der Waals surface area (Å²) in [6, 6.07) is 6.99. The number of hydrogen-bond donors (Lipinski definition) is 0. The first kappa shape index (κ1) is 10.5. The maximum absolute atomic E-state index is 2.51. The third-order valence-electron chi connectivity index (χ3n) is 3.22. The lowest BCUT2D eigenvalue weighted by Crippen LogP contribution is -2.17. The van der Waals surface area contributed by atoms with E-state index in [2.05, 4.69) is 43.9 Å². The summed E-state index contributed by atoms with van der Waals surface area (Å²) in [5, 5.41) is 0. The highest BCUT2D eigenvalue weighted by Gasteiger charge is 2.13. The van der Waals surface area contributed by atoms with Crippen LogP contribution in [0.4, 0.5) is 5.69 Å². The van der Waals surface area contributed by atoms with Gasteiger partial charge in [0, 0.05) is 18.8 Å². The van der Waals surface area contributed by atoms with Crippen LogP contribution in [0.3, 0.4) is 0 Å². The van der Waals surface area contributed by atoms with Gasteiger partial charge in [0.15, 0.2) is 0 Å². The molecule has 1 aromatic rings. The van der Waals surface area contributed by atoms with Crippen molar-refractivity contribution < 1.29 is 0 Å². The van der Waals surface area contributed by atoms with Crippen LogP contribution in [0.25, 0.3) is 0 Å². The molecular formula is C14H21N. The van der Waals surface area contributed by atoms with E-state index in [9.17, 15) is 0 Å². The fourth-order valence-corrected chi connectivity index (χ4v) is 2.28. The van der Waals surface area contributed by atoms with Crippen molar-refractivity contribution in [3.8, 4) is 0 Å². The zero-order chi connectivity index (χ0) is 10.8. The monoisotopic (exact) mass is 203 g/mol. The first-order chi connectivity index (χ1) is 7.16. The molecule has 0 radical (unpaired) electrons. The SMILES string of the molecule is Cc1cc(C(C)C)cc(N2CCCC2)c1. The second-order valence-electron chi connectivity index (χ2n) is 4.95. The van der Waals surface area contributed by atoms with E-state index in [1.807, 2.05) is 0 Å². The highest BCUT2D eigenvalue weighted by Crippen LogP contribution is 2.26. The van der Waals surface area contributed by atoms with Gasteiger partial charge in [-0.2, -0.15) is 0 Å². The number of rotatable bonds is 2. The second kappa shape index (κ2) is 4.26. The molecule has 0 atom stereocenters. The Labute approximate surface area is 93.1 Å². The van der Waals surface area contributed by atoms with Crippen LogP contribution in [0.5, 0.6) is 0 Å². The summed E-state index contributed by atoms with van der Waals surface area (Å²) in [5.41, 5.74) is 4.29. The van der Waals surface area contributed by atoms with Crippen LogP contribution in [0.2, 0.25) is 0 Å². The molecule has 0 unspecified atom stereocenters. The van der Waals surface area contributed by atoms with Gasteiger partial charge in [0.25, 0.3) is 0 Å². The lowest BCUT2D eigenvalue weighted by molar-refractivity contribution is 0.860. The first-order valence-corrected chi connectivity index (χ1v) is 6.03. The summed E-state index contributed by atoms with van der Waals surface area (Å²) in [6.07, 6.45) is 2.70. The van der Waals surface area contributed by atoms with Crippen LogP contribution in [-0.4, -0.2) is 13.1 Å². The molecule has 1 heterocycles. The van der Waals surface area contributed by atoms with E-state index in [0.717, 1.165) is 0 Å². The average Bonchev–Trinajstić information content (AvgIpc) is 2.69. The van der Waals surface area contributed by atoms with Gasteiger partial charge in [0.2, 0.25) is 0 Å². The van der Waals surface area contributed by atoms with Gasteiger partial charge >= 0.3 is 0 Å². The molecule has 1 aromatic carbocycles. The van der Waals surface area contributed by atoms with Gasteiger partial charge in [-0.1, -0.05) is 19.9 Å². The molecule has 1 aliphatic rings. The van der Waals surface area contributed by atoms with Crippen LogP contribution in [0.15, 0.2) is 18.2 Å². The quantitative estimate of drug-likeness (QED) is 0.708. The largest absolute Gasteiger partial charge is 0.372 e. The summed E-state index contributed by atoms with van der Waals surface area (Å²) in [4.78, 5) is 2.51. The van der Waals surface area contributed by atoms with Crippen LogP contribution in [0.1, 0.15) is 43.7 Å². The molecule has 0 N–H and O–H groups in total. The fourth-order valence-electron chi connectivity index (χ4n) is 2.28. The highest BCUT2D eigenvalue weighted by molar-refractivity contribution is 5.52. The van der Waals surface area contributed by atoms with E-state index in [-0.39, 0.29) is 0 Å². The van der Waals surface area contributed by atoms with Crippen molar-refractivity contribution in [1.29, 1.82) is 0 Å². The summed E-state index contributed by atoms with van der Waals surface area (Å²) < 4.78 is 0. The Kier molecular flexibility index (Phi) is 2.99. The van der Waals surface area contributed by atoms with Crippen molar-refractivity contribution >= 4 is 5.69 Å². The molecule has 0 aromatic heterocycles. The Balaban J connectivity index is 2.30. The van der Waals surface area contributed by atoms with Crippen molar-refractivity contribution in [2.45, 2.75) is 39.5 Å².